The number of rotatable bonds is 7. The number of aromatic nitrogens is 1. The Morgan fingerprint density at radius 3 is 2.50 bits per heavy atom. The highest BCUT2D eigenvalue weighted by molar-refractivity contribution is 7.89. The molecule has 0 unspecified atom stereocenters. The van der Waals surface area contributed by atoms with Crippen molar-refractivity contribution in [1.82, 2.24) is 15.2 Å². The monoisotopic (exact) mass is 303 g/mol. The normalized spacial score (nSPS) is 11.8. The molecule has 0 saturated carbocycles. The van der Waals surface area contributed by atoms with Gasteiger partial charge in [0.15, 0.2) is 5.76 Å². The Bertz CT molecular complexity index is 544. The van der Waals surface area contributed by atoms with Crippen LogP contribution >= 0.6 is 0 Å². The van der Waals surface area contributed by atoms with Crippen molar-refractivity contribution in [3.63, 3.8) is 0 Å². The highest BCUT2D eigenvalue weighted by Crippen LogP contribution is 2.18. The standard InChI is InChI=1S/C12H21N3O4S/c1-8(2)5-6-13-11(16)7-14-20(17,18)12-9(3)15-19-10(12)4/h8,14H,5-7H2,1-4H3,(H,13,16). The fourth-order valence-corrected chi connectivity index (χ4v) is 2.96. The number of hydrogen-bond acceptors (Lipinski definition) is 5. The average Bonchev–Trinajstić information content (AvgIpc) is 2.67. The van der Waals surface area contributed by atoms with Crippen LogP contribution in [0.25, 0.3) is 0 Å². The van der Waals surface area contributed by atoms with Gasteiger partial charge in [-0.3, -0.25) is 4.79 Å². The first kappa shape index (κ1) is 16.6. The molecule has 7 nitrogen and oxygen atoms in total. The van der Waals surface area contributed by atoms with Gasteiger partial charge in [0, 0.05) is 6.54 Å². The molecule has 0 atom stereocenters. The second kappa shape index (κ2) is 6.85. The molecule has 1 aromatic rings. The van der Waals surface area contributed by atoms with E-state index in [0.717, 1.165) is 6.42 Å². The van der Waals surface area contributed by atoms with E-state index in [2.05, 4.69) is 15.2 Å². The summed E-state index contributed by atoms with van der Waals surface area (Å²) in [7, 11) is -3.78. The lowest BCUT2D eigenvalue weighted by molar-refractivity contribution is -0.119. The van der Waals surface area contributed by atoms with Crippen LogP contribution in [0.1, 0.15) is 31.7 Å². The summed E-state index contributed by atoms with van der Waals surface area (Å²) in [5.74, 6) is 0.325. The molecular weight excluding hydrogens is 282 g/mol. The molecule has 2 N–H and O–H groups in total. The molecule has 0 fully saturated rings. The first-order valence-electron chi connectivity index (χ1n) is 6.43. The molecule has 1 heterocycles. The van der Waals surface area contributed by atoms with Crippen molar-refractivity contribution in [1.29, 1.82) is 0 Å². The number of nitrogens with zero attached hydrogens (tertiary/aromatic N) is 1. The van der Waals surface area contributed by atoms with Gasteiger partial charge in [-0.05, 0) is 26.2 Å². The molecule has 20 heavy (non-hydrogen) atoms. The third kappa shape index (κ3) is 4.61. The van der Waals surface area contributed by atoms with Gasteiger partial charge in [-0.2, -0.15) is 0 Å². The maximum atomic E-state index is 12.0. The van der Waals surface area contributed by atoms with Gasteiger partial charge in [0.1, 0.15) is 10.6 Å². The lowest BCUT2D eigenvalue weighted by Gasteiger charge is -2.08. The molecule has 0 spiro atoms. The van der Waals surface area contributed by atoms with Crippen molar-refractivity contribution >= 4 is 15.9 Å². The summed E-state index contributed by atoms with van der Waals surface area (Å²) in [5, 5.41) is 6.24. The van der Waals surface area contributed by atoms with Gasteiger partial charge < -0.3 is 9.84 Å². The maximum Gasteiger partial charge on any atom is 0.246 e. The Morgan fingerprint density at radius 1 is 1.35 bits per heavy atom. The minimum atomic E-state index is -3.78. The Labute approximate surface area is 119 Å². The van der Waals surface area contributed by atoms with Gasteiger partial charge in [-0.15, -0.1) is 0 Å². The van der Waals surface area contributed by atoms with E-state index in [-0.39, 0.29) is 28.8 Å². The van der Waals surface area contributed by atoms with Gasteiger partial charge in [-0.25, -0.2) is 13.1 Å². The Balaban J connectivity index is 2.54. The molecule has 1 amide bonds. The van der Waals surface area contributed by atoms with Gasteiger partial charge in [0.25, 0.3) is 0 Å². The zero-order valence-corrected chi connectivity index (χ0v) is 13.0. The molecule has 0 radical (unpaired) electrons. The summed E-state index contributed by atoms with van der Waals surface area (Å²) >= 11 is 0. The Kier molecular flexibility index (Phi) is 5.70. The fourth-order valence-electron chi connectivity index (χ4n) is 1.65. The predicted molar refractivity (Wildman–Crippen MR) is 73.6 cm³/mol. The van der Waals surface area contributed by atoms with E-state index in [0.29, 0.717) is 12.5 Å². The molecule has 0 aliphatic rings. The highest BCUT2D eigenvalue weighted by Gasteiger charge is 2.24. The van der Waals surface area contributed by atoms with E-state index >= 15 is 0 Å². The van der Waals surface area contributed by atoms with Crippen molar-refractivity contribution in [3.05, 3.63) is 11.5 Å². The zero-order chi connectivity index (χ0) is 15.3. The van der Waals surface area contributed by atoms with Gasteiger partial charge in [-0.1, -0.05) is 19.0 Å². The summed E-state index contributed by atoms with van der Waals surface area (Å²) in [6.07, 6.45) is 0.850. The van der Waals surface area contributed by atoms with Gasteiger partial charge in [0.05, 0.1) is 6.54 Å². The van der Waals surface area contributed by atoms with Crippen molar-refractivity contribution < 1.29 is 17.7 Å². The van der Waals surface area contributed by atoms with E-state index < -0.39 is 10.0 Å². The van der Waals surface area contributed by atoms with Crippen LogP contribution in [0.2, 0.25) is 0 Å². The van der Waals surface area contributed by atoms with Crippen LogP contribution < -0.4 is 10.0 Å². The summed E-state index contributed by atoms with van der Waals surface area (Å²) in [5.41, 5.74) is 0.273. The number of sulfonamides is 1. The van der Waals surface area contributed by atoms with Crippen LogP contribution in [0.4, 0.5) is 0 Å². The van der Waals surface area contributed by atoms with Crippen LogP contribution in [0, 0.1) is 19.8 Å². The Morgan fingerprint density at radius 2 is 2.00 bits per heavy atom. The Hall–Kier alpha value is -1.41. The van der Waals surface area contributed by atoms with Gasteiger partial charge in [0.2, 0.25) is 15.9 Å². The van der Waals surface area contributed by atoms with Crippen LogP contribution in [0.5, 0.6) is 0 Å². The first-order chi connectivity index (χ1) is 9.24. The second-order valence-corrected chi connectivity index (χ2v) is 6.71. The van der Waals surface area contributed by atoms with Crippen molar-refractivity contribution in [2.75, 3.05) is 13.1 Å². The number of amides is 1. The highest BCUT2D eigenvalue weighted by atomic mass is 32.2. The van der Waals surface area contributed by atoms with E-state index in [1.807, 2.05) is 13.8 Å². The number of carbonyl (C=O) groups excluding carboxylic acids is 1. The molecular formula is C12H21N3O4S. The fraction of sp³-hybridized carbons (Fsp3) is 0.667. The number of hydrogen-bond donors (Lipinski definition) is 2. The van der Waals surface area contributed by atoms with Crippen LogP contribution in [-0.4, -0.2) is 32.6 Å². The smallest absolute Gasteiger partial charge is 0.246 e. The van der Waals surface area contributed by atoms with Crippen LogP contribution in [0.3, 0.4) is 0 Å². The molecule has 0 aliphatic heterocycles. The molecule has 0 saturated heterocycles. The predicted octanol–water partition coefficient (Wildman–Crippen LogP) is 0.732. The quantitative estimate of drug-likeness (QED) is 0.773. The maximum absolute atomic E-state index is 12.0. The van der Waals surface area contributed by atoms with E-state index in [4.69, 9.17) is 4.52 Å². The number of nitrogens with one attached hydrogen (secondary N) is 2. The molecule has 1 aromatic heterocycles. The average molecular weight is 303 g/mol. The topological polar surface area (TPSA) is 101 Å². The summed E-state index contributed by atoms with van der Waals surface area (Å²) in [4.78, 5) is 11.5. The van der Waals surface area contributed by atoms with Crippen molar-refractivity contribution in [2.24, 2.45) is 5.92 Å². The molecule has 0 bridgehead atoms. The molecule has 0 aromatic carbocycles. The lowest BCUT2D eigenvalue weighted by atomic mass is 10.1. The van der Waals surface area contributed by atoms with Crippen LogP contribution in [0.15, 0.2) is 9.42 Å². The summed E-state index contributed by atoms with van der Waals surface area (Å²) < 4.78 is 31.1. The van der Waals surface area contributed by atoms with Gasteiger partial charge >= 0.3 is 0 Å². The van der Waals surface area contributed by atoms with E-state index in [1.54, 1.807) is 0 Å². The van der Waals surface area contributed by atoms with E-state index in [9.17, 15) is 13.2 Å². The number of aryl methyl sites for hydroxylation is 2. The molecule has 8 heteroatoms. The van der Waals surface area contributed by atoms with Crippen LogP contribution in [-0.2, 0) is 14.8 Å². The minimum absolute atomic E-state index is 0.00696. The second-order valence-electron chi connectivity index (χ2n) is 5.01. The molecule has 0 aliphatic carbocycles. The third-order valence-electron chi connectivity index (χ3n) is 2.70. The SMILES string of the molecule is Cc1noc(C)c1S(=O)(=O)NCC(=O)NCCC(C)C. The zero-order valence-electron chi connectivity index (χ0n) is 12.2. The molecule has 114 valence electrons. The lowest BCUT2D eigenvalue weighted by Crippen LogP contribution is -2.37. The first-order valence-corrected chi connectivity index (χ1v) is 7.91. The largest absolute Gasteiger partial charge is 0.360 e. The third-order valence-corrected chi connectivity index (χ3v) is 4.35. The summed E-state index contributed by atoms with van der Waals surface area (Å²) in [6, 6.07) is 0. The minimum Gasteiger partial charge on any atom is -0.360 e. The summed E-state index contributed by atoms with van der Waals surface area (Å²) in [6.45, 7) is 7.37. The van der Waals surface area contributed by atoms with Crippen molar-refractivity contribution in [3.8, 4) is 0 Å². The number of carbonyl (C=O) groups is 1. The van der Waals surface area contributed by atoms with E-state index in [1.165, 1.54) is 13.8 Å². The molecule has 1 rings (SSSR count). The van der Waals surface area contributed by atoms with Crippen molar-refractivity contribution in [2.45, 2.75) is 39.0 Å².